The van der Waals surface area contributed by atoms with E-state index in [0.717, 1.165) is 4.47 Å². The Morgan fingerprint density at radius 1 is 0.958 bits per heavy atom. The summed E-state index contributed by atoms with van der Waals surface area (Å²) in [6, 6.07) is 12.6. The van der Waals surface area contributed by atoms with E-state index in [9.17, 15) is 14.4 Å². The van der Waals surface area contributed by atoms with Crippen LogP contribution < -0.4 is 15.6 Å². The second kappa shape index (κ2) is 8.11. The number of carboxylic acids is 1. The van der Waals surface area contributed by atoms with Gasteiger partial charge in [0.15, 0.2) is 6.61 Å². The van der Waals surface area contributed by atoms with Gasteiger partial charge in [-0.05, 0) is 36.4 Å². The molecule has 2 rings (SSSR count). The Balaban J connectivity index is 1.86. The number of amides is 2. The highest BCUT2D eigenvalue weighted by molar-refractivity contribution is 9.10. The highest BCUT2D eigenvalue weighted by atomic mass is 79.9. The van der Waals surface area contributed by atoms with E-state index < -0.39 is 17.8 Å². The first kappa shape index (κ1) is 17.5. The fraction of sp³-hybridized carbons (Fsp3) is 0.0625. The van der Waals surface area contributed by atoms with Crippen LogP contribution in [0.1, 0.15) is 20.7 Å². The van der Waals surface area contributed by atoms with Gasteiger partial charge >= 0.3 is 5.97 Å². The van der Waals surface area contributed by atoms with Crippen molar-refractivity contribution in [3.8, 4) is 5.75 Å². The van der Waals surface area contributed by atoms with Crippen molar-refractivity contribution in [3.63, 3.8) is 0 Å². The predicted octanol–water partition coefficient (Wildman–Crippen LogP) is 1.99. The van der Waals surface area contributed by atoms with Gasteiger partial charge in [-0.25, -0.2) is 4.79 Å². The number of halogens is 1. The summed E-state index contributed by atoms with van der Waals surface area (Å²) in [6.45, 7) is -0.303. The van der Waals surface area contributed by atoms with Gasteiger partial charge in [0.05, 0.1) is 11.1 Å². The lowest BCUT2D eigenvalue weighted by Crippen LogP contribution is -2.44. The molecule has 0 heterocycles. The number of nitrogens with one attached hydrogen (secondary N) is 2. The number of carbonyl (C=O) groups excluding carboxylic acids is 2. The van der Waals surface area contributed by atoms with Crippen molar-refractivity contribution in [2.24, 2.45) is 0 Å². The molecular formula is C16H13BrN2O5. The van der Waals surface area contributed by atoms with Gasteiger partial charge in [0.1, 0.15) is 5.75 Å². The molecule has 0 aliphatic rings. The molecule has 2 amide bonds. The van der Waals surface area contributed by atoms with Crippen LogP contribution in [0, 0.1) is 0 Å². The number of rotatable bonds is 5. The minimum absolute atomic E-state index is 0.0564. The molecule has 3 N–H and O–H groups in total. The van der Waals surface area contributed by atoms with E-state index in [0.29, 0.717) is 5.75 Å². The molecule has 0 aromatic heterocycles. The van der Waals surface area contributed by atoms with Crippen LogP contribution in [0.5, 0.6) is 5.75 Å². The number of hydrazine groups is 1. The van der Waals surface area contributed by atoms with Gasteiger partial charge in [-0.1, -0.05) is 28.1 Å². The van der Waals surface area contributed by atoms with Crippen molar-refractivity contribution >= 4 is 33.7 Å². The van der Waals surface area contributed by atoms with Crippen LogP contribution in [0.25, 0.3) is 0 Å². The summed E-state index contributed by atoms with van der Waals surface area (Å²) in [4.78, 5) is 34.7. The number of ether oxygens (including phenoxy) is 1. The van der Waals surface area contributed by atoms with Gasteiger partial charge in [-0.2, -0.15) is 0 Å². The molecule has 2 aromatic rings. The molecule has 124 valence electrons. The Morgan fingerprint density at radius 2 is 1.58 bits per heavy atom. The standard InChI is InChI=1S/C16H13BrN2O5/c17-10-5-7-11(8-6-10)24-9-14(20)18-19-15(21)12-3-1-2-4-13(12)16(22)23/h1-8H,9H2,(H,18,20)(H,19,21)(H,22,23). The van der Waals surface area contributed by atoms with Gasteiger partial charge in [0.25, 0.3) is 11.8 Å². The normalized spacial score (nSPS) is 9.88. The molecule has 0 fully saturated rings. The minimum atomic E-state index is -1.23. The summed E-state index contributed by atoms with van der Waals surface area (Å²) in [5.74, 6) is -2.05. The van der Waals surface area contributed by atoms with Crippen molar-refractivity contribution in [1.29, 1.82) is 0 Å². The maximum Gasteiger partial charge on any atom is 0.336 e. The highest BCUT2D eigenvalue weighted by Gasteiger charge is 2.16. The summed E-state index contributed by atoms with van der Waals surface area (Å²) in [6.07, 6.45) is 0. The molecule has 24 heavy (non-hydrogen) atoms. The summed E-state index contributed by atoms with van der Waals surface area (Å²) in [5.41, 5.74) is 4.10. The third-order valence-electron chi connectivity index (χ3n) is 2.90. The Kier molecular flexibility index (Phi) is 5.91. The SMILES string of the molecule is O=C(COc1ccc(Br)cc1)NNC(=O)c1ccccc1C(=O)O. The molecule has 7 nitrogen and oxygen atoms in total. The lowest BCUT2D eigenvalue weighted by atomic mass is 10.1. The fourth-order valence-corrected chi connectivity index (χ4v) is 2.04. The monoisotopic (exact) mass is 392 g/mol. The number of hydrogen-bond acceptors (Lipinski definition) is 4. The van der Waals surface area contributed by atoms with E-state index in [2.05, 4.69) is 26.8 Å². The van der Waals surface area contributed by atoms with Crippen molar-refractivity contribution in [1.82, 2.24) is 10.9 Å². The number of carbonyl (C=O) groups is 3. The van der Waals surface area contributed by atoms with E-state index >= 15 is 0 Å². The number of aromatic carboxylic acids is 1. The smallest absolute Gasteiger partial charge is 0.336 e. The molecule has 8 heteroatoms. The van der Waals surface area contributed by atoms with Crippen LogP contribution in [0.3, 0.4) is 0 Å². The van der Waals surface area contributed by atoms with Crippen LogP contribution in [-0.4, -0.2) is 29.5 Å². The zero-order valence-corrected chi connectivity index (χ0v) is 13.9. The molecule has 2 aromatic carbocycles. The Morgan fingerprint density at radius 3 is 2.21 bits per heavy atom. The van der Waals surface area contributed by atoms with Gasteiger partial charge in [-0.3, -0.25) is 20.4 Å². The van der Waals surface area contributed by atoms with Crippen molar-refractivity contribution in [3.05, 3.63) is 64.1 Å². The zero-order valence-electron chi connectivity index (χ0n) is 12.3. The van der Waals surface area contributed by atoms with E-state index in [1.807, 2.05) is 0 Å². The molecule has 0 atom stereocenters. The Hall–Kier alpha value is -2.87. The van der Waals surface area contributed by atoms with Gasteiger partial charge in [0.2, 0.25) is 0 Å². The van der Waals surface area contributed by atoms with Crippen molar-refractivity contribution in [2.45, 2.75) is 0 Å². The summed E-state index contributed by atoms with van der Waals surface area (Å²) >= 11 is 3.28. The summed E-state index contributed by atoms with van der Waals surface area (Å²) in [7, 11) is 0. The number of carboxylic acid groups (broad SMARTS) is 1. The third kappa shape index (κ3) is 4.82. The first-order valence-corrected chi connectivity index (χ1v) is 7.56. The molecule has 0 saturated carbocycles. The van der Waals surface area contributed by atoms with E-state index in [4.69, 9.17) is 9.84 Å². The van der Waals surface area contributed by atoms with Gasteiger partial charge in [-0.15, -0.1) is 0 Å². The van der Waals surface area contributed by atoms with Crippen molar-refractivity contribution in [2.75, 3.05) is 6.61 Å². The Bertz CT molecular complexity index is 761. The van der Waals surface area contributed by atoms with E-state index in [1.165, 1.54) is 24.3 Å². The molecule has 0 unspecified atom stereocenters. The third-order valence-corrected chi connectivity index (χ3v) is 3.43. The molecular weight excluding hydrogens is 380 g/mol. The van der Waals surface area contributed by atoms with Crippen LogP contribution in [-0.2, 0) is 4.79 Å². The first-order chi connectivity index (χ1) is 11.5. The topological polar surface area (TPSA) is 105 Å². The maximum atomic E-state index is 12.0. The molecule has 0 aliphatic carbocycles. The highest BCUT2D eigenvalue weighted by Crippen LogP contribution is 2.15. The quantitative estimate of drug-likeness (QED) is 0.674. The number of hydrogen-bond donors (Lipinski definition) is 3. The molecule has 0 spiro atoms. The second-order valence-electron chi connectivity index (χ2n) is 4.60. The average Bonchev–Trinajstić information content (AvgIpc) is 2.59. The van der Waals surface area contributed by atoms with Crippen LogP contribution >= 0.6 is 15.9 Å². The largest absolute Gasteiger partial charge is 0.484 e. The lowest BCUT2D eigenvalue weighted by molar-refractivity contribution is -0.123. The minimum Gasteiger partial charge on any atom is -0.484 e. The molecule has 0 radical (unpaired) electrons. The summed E-state index contributed by atoms with van der Waals surface area (Å²) < 4.78 is 6.12. The summed E-state index contributed by atoms with van der Waals surface area (Å²) in [5, 5.41) is 9.03. The second-order valence-corrected chi connectivity index (χ2v) is 5.51. The average molecular weight is 393 g/mol. The van der Waals surface area contributed by atoms with Crippen LogP contribution in [0.4, 0.5) is 0 Å². The van der Waals surface area contributed by atoms with Crippen LogP contribution in [0.15, 0.2) is 53.0 Å². The first-order valence-electron chi connectivity index (χ1n) is 6.77. The van der Waals surface area contributed by atoms with Gasteiger partial charge in [0, 0.05) is 4.47 Å². The molecule has 0 bridgehead atoms. The van der Waals surface area contributed by atoms with E-state index in [1.54, 1.807) is 24.3 Å². The lowest BCUT2D eigenvalue weighted by Gasteiger charge is -2.10. The van der Waals surface area contributed by atoms with Crippen LogP contribution in [0.2, 0.25) is 0 Å². The molecule has 0 saturated heterocycles. The fourth-order valence-electron chi connectivity index (χ4n) is 1.78. The molecule has 0 aliphatic heterocycles. The van der Waals surface area contributed by atoms with Crippen molar-refractivity contribution < 1.29 is 24.2 Å². The predicted molar refractivity (Wildman–Crippen MR) is 88.6 cm³/mol. The maximum absolute atomic E-state index is 12.0. The van der Waals surface area contributed by atoms with E-state index in [-0.39, 0.29) is 17.7 Å². The Labute approximate surface area is 145 Å². The number of benzene rings is 2. The van der Waals surface area contributed by atoms with Gasteiger partial charge < -0.3 is 9.84 Å². The zero-order chi connectivity index (χ0) is 17.5.